The van der Waals surface area contributed by atoms with Gasteiger partial charge in [-0.2, -0.15) is 5.10 Å². The molecule has 9 aromatic rings. The van der Waals surface area contributed by atoms with Gasteiger partial charge in [-0.15, -0.1) is 5.10 Å². The number of nitrogens with zero attached hydrogens (tertiary/aromatic N) is 3. The molecular weight excluding hydrogens is 562 g/mol. The Kier molecular flexibility index (Phi) is 5.41. The molecule has 4 heterocycles. The van der Waals surface area contributed by atoms with E-state index in [1.807, 2.05) is 6.20 Å². The highest BCUT2D eigenvalue weighted by Gasteiger charge is 2.24. The van der Waals surface area contributed by atoms with Gasteiger partial charge in [-0.25, -0.2) is 0 Å². The predicted octanol–water partition coefficient (Wildman–Crippen LogP) is 11.5. The summed E-state index contributed by atoms with van der Waals surface area (Å²) in [6, 6.07) is 35.5. The van der Waals surface area contributed by atoms with Gasteiger partial charge in [0.1, 0.15) is 11.3 Å². The van der Waals surface area contributed by atoms with Crippen molar-refractivity contribution in [2.24, 2.45) is 0 Å². The van der Waals surface area contributed by atoms with Gasteiger partial charge < -0.3 is 8.82 Å². The summed E-state index contributed by atoms with van der Waals surface area (Å²) < 4.78 is 9.09. The van der Waals surface area contributed by atoms with Crippen molar-refractivity contribution in [1.29, 1.82) is 0 Å². The smallest absolute Gasteiger partial charge is 0.165 e. The fraction of sp³-hybridized carbons (Fsp3) is 0.190. The van der Waals surface area contributed by atoms with Gasteiger partial charge in [0, 0.05) is 32.5 Å². The number of benzene rings is 5. The molecule has 5 aromatic carbocycles. The summed E-state index contributed by atoms with van der Waals surface area (Å²) in [7, 11) is 0. The lowest BCUT2D eigenvalue weighted by Crippen LogP contribution is -2.16. The monoisotopic (exact) mass is 597 g/mol. The lowest BCUT2D eigenvalue weighted by Gasteiger charge is -2.26. The quantitative estimate of drug-likeness (QED) is 0.199. The fourth-order valence-electron chi connectivity index (χ4n) is 7.22. The van der Waals surface area contributed by atoms with Crippen molar-refractivity contribution in [1.82, 2.24) is 14.6 Å². The van der Waals surface area contributed by atoms with E-state index in [1.165, 1.54) is 49.2 Å². The number of aromatic nitrogens is 3. The number of furan rings is 1. The highest BCUT2D eigenvalue weighted by molar-refractivity contribution is 6.23. The average molecular weight is 598 g/mol. The largest absolute Gasteiger partial charge is 0.454 e. The van der Waals surface area contributed by atoms with Crippen LogP contribution in [-0.2, 0) is 10.8 Å². The molecule has 4 aromatic heterocycles. The zero-order valence-electron chi connectivity index (χ0n) is 27.1. The van der Waals surface area contributed by atoms with Gasteiger partial charge in [0.2, 0.25) is 0 Å². The Labute approximate surface area is 267 Å². The Bertz CT molecular complexity index is 2630. The molecule has 4 heteroatoms. The lowest BCUT2D eigenvalue weighted by molar-refractivity contribution is 0.569. The maximum atomic E-state index is 6.67. The van der Waals surface area contributed by atoms with Gasteiger partial charge >= 0.3 is 0 Å². The molecule has 46 heavy (non-hydrogen) atoms. The van der Waals surface area contributed by atoms with E-state index in [0.717, 1.165) is 44.3 Å². The van der Waals surface area contributed by atoms with Crippen LogP contribution in [0.4, 0.5) is 0 Å². The second kappa shape index (κ2) is 9.17. The summed E-state index contributed by atoms with van der Waals surface area (Å²) in [5.74, 6) is 0. The molecule has 0 saturated carbocycles. The van der Waals surface area contributed by atoms with Crippen molar-refractivity contribution in [3.63, 3.8) is 0 Å². The summed E-state index contributed by atoms with van der Waals surface area (Å²) in [5, 5.41) is 16.3. The van der Waals surface area contributed by atoms with Gasteiger partial charge in [-0.05, 0) is 75.5 Å². The molecule has 0 fully saturated rings. The molecule has 0 aliphatic heterocycles. The van der Waals surface area contributed by atoms with Crippen LogP contribution in [0.1, 0.15) is 52.7 Å². The van der Waals surface area contributed by atoms with Crippen molar-refractivity contribution in [2.75, 3.05) is 0 Å². The fourth-order valence-corrected chi connectivity index (χ4v) is 7.22. The van der Waals surface area contributed by atoms with Gasteiger partial charge in [0.15, 0.2) is 5.58 Å². The van der Waals surface area contributed by atoms with Gasteiger partial charge in [0.05, 0.1) is 28.1 Å². The molecule has 0 N–H and O–H groups in total. The Morgan fingerprint density at radius 3 is 1.96 bits per heavy atom. The zero-order chi connectivity index (χ0) is 31.5. The van der Waals surface area contributed by atoms with E-state index in [9.17, 15) is 0 Å². The Morgan fingerprint density at radius 1 is 0.543 bits per heavy atom. The molecule has 0 spiro atoms. The van der Waals surface area contributed by atoms with Crippen LogP contribution in [0.5, 0.6) is 0 Å². The maximum Gasteiger partial charge on any atom is 0.165 e. The van der Waals surface area contributed by atoms with Gasteiger partial charge in [-0.3, -0.25) is 0 Å². The van der Waals surface area contributed by atoms with E-state index in [0.29, 0.717) is 0 Å². The first kappa shape index (κ1) is 27.1. The van der Waals surface area contributed by atoms with Crippen LogP contribution in [0.3, 0.4) is 0 Å². The summed E-state index contributed by atoms with van der Waals surface area (Å²) in [5.41, 5.74) is 12.0. The van der Waals surface area contributed by atoms with E-state index >= 15 is 0 Å². The number of hydrogen-bond donors (Lipinski definition) is 0. The van der Waals surface area contributed by atoms with Crippen molar-refractivity contribution >= 4 is 60.0 Å². The molecule has 9 rings (SSSR count). The summed E-state index contributed by atoms with van der Waals surface area (Å²) in [6.45, 7) is 13.5. The molecule has 0 aliphatic rings. The summed E-state index contributed by atoms with van der Waals surface area (Å²) in [4.78, 5) is 0. The molecular formula is C42H35N3O. The zero-order valence-corrected chi connectivity index (χ0v) is 27.1. The second-order valence-corrected chi connectivity index (χ2v) is 14.8. The van der Waals surface area contributed by atoms with Crippen LogP contribution in [0.25, 0.3) is 82.4 Å². The molecule has 0 saturated heterocycles. The Balaban J connectivity index is 1.21. The van der Waals surface area contributed by atoms with Crippen LogP contribution < -0.4 is 0 Å². The molecule has 0 unspecified atom stereocenters. The molecule has 4 nitrogen and oxygen atoms in total. The molecule has 0 amide bonds. The number of hydrogen-bond acceptors (Lipinski definition) is 3. The Morgan fingerprint density at radius 2 is 1.20 bits per heavy atom. The minimum atomic E-state index is -0.00289. The lowest BCUT2D eigenvalue weighted by atomic mass is 9.79. The third-order valence-corrected chi connectivity index (χ3v) is 9.78. The topological polar surface area (TPSA) is 43.3 Å². The molecule has 0 bridgehead atoms. The van der Waals surface area contributed by atoms with Crippen LogP contribution in [0, 0.1) is 0 Å². The van der Waals surface area contributed by atoms with E-state index in [1.54, 1.807) is 0 Å². The van der Waals surface area contributed by atoms with Gasteiger partial charge in [-0.1, -0.05) is 96.1 Å². The first-order chi connectivity index (χ1) is 22.1. The summed E-state index contributed by atoms with van der Waals surface area (Å²) in [6.07, 6.45) is 1.83. The van der Waals surface area contributed by atoms with Crippen LogP contribution in [-0.4, -0.2) is 14.6 Å². The maximum absolute atomic E-state index is 6.67. The van der Waals surface area contributed by atoms with Crippen molar-refractivity contribution in [2.45, 2.75) is 52.4 Å². The second-order valence-electron chi connectivity index (χ2n) is 14.8. The standard InChI is InChI=1S/C42H35N3O/c1-41(2,3)27-18-26(19-28(22-27)42(4,5)6)38-40-34(23-43-44-38)30-16-14-25(21-37(30)46-40)24-15-17-36-33(20-24)32-12-9-11-31-29-10-7-8-13-35(29)45(36)39(31)32/h7-23H,1-6H3. The average Bonchev–Trinajstić information content (AvgIpc) is 3.70. The first-order valence-electron chi connectivity index (χ1n) is 16.1. The SMILES string of the molecule is CC(C)(C)c1cc(-c2nncc3c2oc2cc(-c4ccc5c(c4)c4cccc6c7ccccc7n5c64)ccc23)cc(C(C)(C)C)c1. The van der Waals surface area contributed by atoms with Crippen molar-refractivity contribution < 1.29 is 4.42 Å². The minimum Gasteiger partial charge on any atom is -0.454 e. The minimum absolute atomic E-state index is 0.00289. The van der Waals surface area contributed by atoms with E-state index in [2.05, 4.69) is 153 Å². The molecule has 0 aliphatic carbocycles. The number of para-hydroxylation sites is 2. The Hall–Kier alpha value is -5.22. The van der Waals surface area contributed by atoms with E-state index in [4.69, 9.17) is 4.42 Å². The van der Waals surface area contributed by atoms with Gasteiger partial charge in [0.25, 0.3) is 0 Å². The van der Waals surface area contributed by atoms with E-state index in [-0.39, 0.29) is 10.8 Å². The molecule has 0 atom stereocenters. The predicted molar refractivity (Wildman–Crippen MR) is 192 cm³/mol. The van der Waals surface area contributed by atoms with Crippen LogP contribution in [0.2, 0.25) is 0 Å². The van der Waals surface area contributed by atoms with Crippen LogP contribution in [0.15, 0.2) is 108 Å². The molecule has 0 radical (unpaired) electrons. The van der Waals surface area contributed by atoms with E-state index < -0.39 is 0 Å². The first-order valence-corrected chi connectivity index (χ1v) is 16.1. The van der Waals surface area contributed by atoms with Crippen LogP contribution >= 0.6 is 0 Å². The molecule has 224 valence electrons. The van der Waals surface area contributed by atoms with Crippen molar-refractivity contribution in [3.05, 3.63) is 114 Å². The third kappa shape index (κ3) is 3.86. The summed E-state index contributed by atoms with van der Waals surface area (Å²) >= 11 is 0. The van der Waals surface area contributed by atoms with Crippen molar-refractivity contribution in [3.8, 4) is 22.4 Å². The highest BCUT2D eigenvalue weighted by Crippen LogP contribution is 2.42. The third-order valence-electron chi connectivity index (χ3n) is 9.78. The normalized spacial score (nSPS) is 13.0. The highest BCUT2D eigenvalue weighted by atomic mass is 16.3. The number of fused-ring (bicyclic) bond motifs is 9. The number of rotatable bonds is 2.